The van der Waals surface area contributed by atoms with Gasteiger partial charge in [-0.05, 0) is 31.5 Å². The SMILES string of the molecule is CCNC1CCCN(C(=O)c2cc3ccccc3o2)C1. The third-order valence-electron chi connectivity index (χ3n) is 3.84. The minimum atomic E-state index is 0.00352. The number of hydrogen-bond donors (Lipinski definition) is 1. The third-order valence-corrected chi connectivity index (χ3v) is 3.84. The molecule has 1 aromatic heterocycles. The van der Waals surface area contributed by atoms with Gasteiger partial charge in [0.2, 0.25) is 0 Å². The van der Waals surface area contributed by atoms with Crippen molar-refractivity contribution in [2.75, 3.05) is 19.6 Å². The van der Waals surface area contributed by atoms with Crippen LogP contribution in [0.5, 0.6) is 0 Å². The molecule has 1 aliphatic heterocycles. The van der Waals surface area contributed by atoms with Crippen molar-refractivity contribution in [3.05, 3.63) is 36.1 Å². The molecule has 0 aliphatic carbocycles. The quantitative estimate of drug-likeness (QED) is 0.934. The Bertz CT molecular complexity index is 570. The summed E-state index contributed by atoms with van der Waals surface area (Å²) in [5.74, 6) is 0.451. The van der Waals surface area contributed by atoms with Gasteiger partial charge in [0, 0.05) is 24.5 Å². The molecule has 0 bridgehead atoms. The van der Waals surface area contributed by atoms with E-state index in [0.717, 1.165) is 43.4 Å². The molecular weight excluding hydrogens is 252 g/mol. The average molecular weight is 272 g/mol. The number of amides is 1. The average Bonchev–Trinajstić information content (AvgIpc) is 2.91. The third kappa shape index (κ3) is 2.56. The molecule has 2 heterocycles. The van der Waals surface area contributed by atoms with Gasteiger partial charge in [0.15, 0.2) is 5.76 Å². The molecule has 0 spiro atoms. The summed E-state index contributed by atoms with van der Waals surface area (Å²) < 4.78 is 5.67. The lowest BCUT2D eigenvalue weighted by molar-refractivity contribution is 0.0666. The Morgan fingerprint density at radius 2 is 2.30 bits per heavy atom. The van der Waals surface area contributed by atoms with Crippen LogP contribution in [0.3, 0.4) is 0 Å². The van der Waals surface area contributed by atoms with E-state index in [1.165, 1.54) is 0 Å². The van der Waals surface area contributed by atoms with Crippen molar-refractivity contribution < 1.29 is 9.21 Å². The van der Waals surface area contributed by atoms with E-state index in [1.807, 2.05) is 35.2 Å². The van der Waals surface area contributed by atoms with Crippen LogP contribution in [0, 0.1) is 0 Å². The lowest BCUT2D eigenvalue weighted by Crippen LogP contribution is -2.47. The number of likely N-dealkylation sites (N-methyl/N-ethyl adjacent to an activating group) is 1. The molecule has 2 aromatic rings. The van der Waals surface area contributed by atoms with E-state index < -0.39 is 0 Å². The topological polar surface area (TPSA) is 45.5 Å². The summed E-state index contributed by atoms with van der Waals surface area (Å²) in [5.41, 5.74) is 0.774. The van der Waals surface area contributed by atoms with Gasteiger partial charge < -0.3 is 14.6 Å². The number of furan rings is 1. The fourth-order valence-electron chi connectivity index (χ4n) is 2.86. The fraction of sp³-hybridized carbons (Fsp3) is 0.438. The molecule has 1 aromatic carbocycles. The molecule has 1 saturated heterocycles. The molecule has 1 fully saturated rings. The highest BCUT2D eigenvalue weighted by atomic mass is 16.3. The second kappa shape index (κ2) is 5.67. The Morgan fingerprint density at radius 3 is 3.10 bits per heavy atom. The minimum absolute atomic E-state index is 0.00352. The lowest BCUT2D eigenvalue weighted by Gasteiger charge is -2.32. The molecule has 4 nitrogen and oxygen atoms in total. The summed E-state index contributed by atoms with van der Waals surface area (Å²) in [6.07, 6.45) is 2.18. The molecule has 1 atom stereocenters. The largest absolute Gasteiger partial charge is 0.451 e. The number of nitrogens with zero attached hydrogens (tertiary/aromatic N) is 1. The highest BCUT2D eigenvalue weighted by Crippen LogP contribution is 2.21. The van der Waals surface area contributed by atoms with Crippen LogP contribution < -0.4 is 5.32 Å². The van der Waals surface area contributed by atoms with Crippen LogP contribution >= 0.6 is 0 Å². The van der Waals surface area contributed by atoms with Crippen molar-refractivity contribution in [3.63, 3.8) is 0 Å². The van der Waals surface area contributed by atoms with Crippen molar-refractivity contribution in [2.45, 2.75) is 25.8 Å². The van der Waals surface area contributed by atoms with Crippen molar-refractivity contribution in [3.8, 4) is 0 Å². The molecule has 1 unspecified atom stereocenters. The molecule has 1 aliphatic rings. The van der Waals surface area contributed by atoms with Gasteiger partial charge in [0.05, 0.1) is 0 Å². The number of carbonyl (C=O) groups excluding carboxylic acids is 1. The minimum Gasteiger partial charge on any atom is -0.451 e. The van der Waals surface area contributed by atoms with E-state index in [2.05, 4.69) is 12.2 Å². The first-order valence-electron chi connectivity index (χ1n) is 7.29. The number of hydrogen-bond acceptors (Lipinski definition) is 3. The standard InChI is InChI=1S/C16H20N2O2/c1-2-17-13-7-5-9-18(11-13)16(19)15-10-12-6-3-4-8-14(12)20-15/h3-4,6,8,10,13,17H,2,5,7,9,11H2,1H3. The number of nitrogens with one attached hydrogen (secondary N) is 1. The summed E-state index contributed by atoms with van der Waals surface area (Å²) in [5, 5.41) is 4.41. The molecule has 20 heavy (non-hydrogen) atoms. The number of rotatable bonds is 3. The van der Waals surface area contributed by atoms with Crippen molar-refractivity contribution in [2.24, 2.45) is 0 Å². The number of benzene rings is 1. The summed E-state index contributed by atoms with van der Waals surface area (Å²) in [4.78, 5) is 14.4. The predicted octanol–water partition coefficient (Wildman–Crippen LogP) is 2.65. The smallest absolute Gasteiger partial charge is 0.289 e. The highest BCUT2D eigenvalue weighted by molar-refractivity contribution is 5.96. The first kappa shape index (κ1) is 13.2. The van der Waals surface area contributed by atoms with E-state index in [9.17, 15) is 4.79 Å². The highest BCUT2D eigenvalue weighted by Gasteiger charge is 2.25. The first-order chi connectivity index (χ1) is 9.78. The molecular formula is C16H20N2O2. The summed E-state index contributed by atoms with van der Waals surface area (Å²) >= 11 is 0. The second-order valence-electron chi connectivity index (χ2n) is 5.30. The van der Waals surface area contributed by atoms with Gasteiger partial charge in [0.25, 0.3) is 5.91 Å². The van der Waals surface area contributed by atoms with Crippen LogP contribution in [0.2, 0.25) is 0 Å². The van der Waals surface area contributed by atoms with Gasteiger partial charge in [-0.1, -0.05) is 25.1 Å². The maximum atomic E-state index is 12.5. The summed E-state index contributed by atoms with van der Waals surface area (Å²) in [7, 11) is 0. The van der Waals surface area contributed by atoms with E-state index in [0.29, 0.717) is 11.8 Å². The Kier molecular flexibility index (Phi) is 3.74. The summed E-state index contributed by atoms with van der Waals surface area (Å²) in [6, 6.07) is 9.98. The van der Waals surface area contributed by atoms with E-state index in [4.69, 9.17) is 4.42 Å². The maximum Gasteiger partial charge on any atom is 0.289 e. The first-order valence-corrected chi connectivity index (χ1v) is 7.29. The number of carbonyl (C=O) groups is 1. The molecule has 4 heteroatoms. The molecule has 106 valence electrons. The van der Waals surface area contributed by atoms with E-state index in [1.54, 1.807) is 0 Å². The van der Waals surface area contributed by atoms with Gasteiger partial charge >= 0.3 is 0 Å². The van der Waals surface area contributed by atoms with Crippen LogP contribution in [0.15, 0.2) is 34.7 Å². The van der Waals surface area contributed by atoms with Crippen LogP contribution in [-0.2, 0) is 0 Å². The van der Waals surface area contributed by atoms with Gasteiger partial charge in [0.1, 0.15) is 5.58 Å². The number of fused-ring (bicyclic) bond motifs is 1. The van der Waals surface area contributed by atoms with Gasteiger partial charge in [-0.25, -0.2) is 0 Å². The number of para-hydroxylation sites is 1. The monoisotopic (exact) mass is 272 g/mol. The number of likely N-dealkylation sites (tertiary alicyclic amines) is 1. The lowest BCUT2D eigenvalue weighted by atomic mass is 10.1. The van der Waals surface area contributed by atoms with E-state index >= 15 is 0 Å². The van der Waals surface area contributed by atoms with Crippen molar-refractivity contribution in [1.29, 1.82) is 0 Å². The van der Waals surface area contributed by atoms with Gasteiger partial charge in [-0.15, -0.1) is 0 Å². The zero-order chi connectivity index (χ0) is 13.9. The van der Waals surface area contributed by atoms with Crippen molar-refractivity contribution in [1.82, 2.24) is 10.2 Å². The van der Waals surface area contributed by atoms with Gasteiger partial charge in [-0.2, -0.15) is 0 Å². The normalized spacial score (nSPS) is 19.4. The maximum absolute atomic E-state index is 12.5. The fourth-order valence-corrected chi connectivity index (χ4v) is 2.86. The molecule has 0 saturated carbocycles. The molecule has 1 amide bonds. The van der Waals surface area contributed by atoms with Crippen LogP contribution in [0.1, 0.15) is 30.3 Å². The zero-order valence-corrected chi connectivity index (χ0v) is 11.8. The van der Waals surface area contributed by atoms with Crippen molar-refractivity contribution >= 4 is 16.9 Å². The van der Waals surface area contributed by atoms with E-state index in [-0.39, 0.29) is 5.91 Å². The Balaban J connectivity index is 1.77. The van der Waals surface area contributed by atoms with Crippen LogP contribution in [-0.4, -0.2) is 36.5 Å². The molecule has 0 radical (unpaired) electrons. The van der Waals surface area contributed by atoms with Crippen LogP contribution in [0.4, 0.5) is 0 Å². The molecule has 1 N–H and O–H groups in total. The number of piperidine rings is 1. The molecule has 3 rings (SSSR count). The summed E-state index contributed by atoms with van der Waals surface area (Å²) in [6.45, 7) is 4.62. The Morgan fingerprint density at radius 1 is 1.45 bits per heavy atom. The Hall–Kier alpha value is -1.81. The predicted molar refractivity (Wildman–Crippen MR) is 78.8 cm³/mol. The zero-order valence-electron chi connectivity index (χ0n) is 11.8. The second-order valence-corrected chi connectivity index (χ2v) is 5.30. The van der Waals surface area contributed by atoms with Crippen LogP contribution in [0.25, 0.3) is 11.0 Å². The Labute approximate surface area is 118 Å². The van der Waals surface area contributed by atoms with Gasteiger partial charge in [-0.3, -0.25) is 4.79 Å².